The summed E-state index contributed by atoms with van der Waals surface area (Å²) < 4.78 is 26.5. The molecule has 114 valence electrons. The molecule has 1 amide bonds. The maximum absolute atomic E-state index is 12.0. The van der Waals surface area contributed by atoms with Crippen molar-refractivity contribution in [3.8, 4) is 0 Å². The maximum Gasteiger partial charge on any atom is 0.336 e. The van der Waals surface area contributed by atoms with E-state index in [2.05, 4.69) is 26.0 Å². The van der Waals surface area contributed by atoms with Crippen molar-refractivity contribution in [1.29, 1.82) is 0 Å². The van der Waals surface area contributed by atoms with Crippen LogP contribution in [0.4, 0.5) is 0 Å². The predicted octanol–water partition coefficient (Wildman–Crippen LogP) is 0.704. The van der Waals surface area contributed by atoms with Gasteiger partial charge in [0.25, 0.3) is 0 Å². The summed E-state index contributed by atoms with van der Waals surface area (Å²) in [7, 11) is -3.94. The molecule has 0 aliphatic heterocycles. The SMILES string of the molecule is O=C(CNS(=O)(=O)c1ccc(Br)c(C(=O)O)c1)NC1CC1. The van der Waals surface area contributed by atoms with Gasteiger partial charge in [-0.2, -0.15) is 0 Å². The van der Waals surface area contributed by atoms with Crippen molar-refractivity contribution in [3.63, 3.8) is 0 Å². The molecule has 1 aromatic rings. The molecular weight excluding hydrogens is 364 g/mol. The fraction of sp³-hybridized carbons (Fsp3) is 0.333. The number of amides is 1. The smallest absolute Gasteiger partial charge is 0.336 e. The van der Waals surface area contributed by atoms with Crippen LogP contribution in [-0.2, 0) is 14.8 Å². The van der Waals surface area contributed by atoms with Gasteiger partial charge in [0.1, 0.15) is 0 Å². The molecule has 0 atom stereocenters. The molecule has 0 radical (unpaired) electrons. The van der Waals surface area contributed by atoms with Crippen molar-refractivity contribution < 1.29 is 23.1 Å². The van der Waals surface area contributed by atoms with Crippen LogP contribution >= 0.6 is 15.9 Å². The lowest BCUT2D eigenvalue weighted by Crippen LogP contribution is -2.37. The second-order valence-corrected chi connectivity index (χ2v) is 7.23. The van der Waals surface area contributed by atoms with E-state index in [1.807, 2.05) is 0 Å². The number of carbonyl (C=O) groups is 2. The standard InChI is InChI=1S/C12H13BrN2O5S/c13-10-4-3-8(5-9(10)12(17)18)21(19,20)14-6-11(16)15-7-1-2-7/h3-5,7,14H,1-2,6H2,(H,15,16)(H,17,18). The number of carboxylic acids is 1. The summed E-state index contributed by atoms with van der Waals surface area (Å²) in [4.78, 5) is 22.2. The molecule has 1 aromatic carbocycles. The highest BCUT2D eigenvalue weighted by molar-refractivity contribution is 9.10. The molecule has 0 spiro atoms. The fourth-order valence-corrected chi connectivity index (χ4v) is 3.01. The van der Waals surface area contributed by atoms with Crippen LogP contribution in [0, 0.1) is 0 Å². The minimum absolute atomic E-state index is 0.147. The number of nitrogens with one attached hydrogen (secondary N) is 2. The highest BCUT2D eigenvalue weighted by Gasteiger charge is 2.24. The minimum Gasteiger partial charge on any atom is -0.478 e. The summed E-state index contributed by atoms with van der Waals surface area (Å²) in [6, 6.07) is 3.78. The van der Waals surface area contributed by atoms with E-state index in [1.165, 1.54) is 12.1 Å². The second kappa shape index (κ2) is 6.12. The molecule has 0 aromatic heterocycles. The van der Waals surface area contributed by atoms with Crippen molar-refractivity contribution >= 4 is 37.8 Å². The topological polar surface area (TPSA) is 113 Å². The molecular formula is C12H13BrN2O5S. The molecule has 1 fully saturated rings. The Kier molecular flexibility index (Phi) is 4.64. The van der Waals surface area contributed by atoms with Crippen LogP contribution in [0.3, 0.4) is 0 Å². The van der Waals surface area contributed by atoms with Crippen LogP contribution in [0.1, 0.15) is 23.2 Å². The Morgan fingerprint density at radius 2 is 2.00 bits per heavy atom. The first-order valence-corrected chi connectivity index (χ1v) is 8.39. The van der Waals surface area contributed by atoms with Crippen molar-refractivity contribution in [2.45, 2.75) is 23.8 Å². The van der Waals surface area contributed by atoms with Gasteiger partial charge in [-0.15, -0.1) is 0 Å². The average molecular weight is 377 g/mol. The molecule has 0 unspecified atom stereocenters. The highest BCUT2D eigenvalue weighted by atomic mass is 79.9. The van der Waals surface area contributed by atoms with Crippen LogP contribution in [0.2, 0.25) is 0 Å². The van der Waals surface area contributed by atoms with Gasteiger partial charge in [0.2, 0.25) is 15.9 Å². The predicted molar refractivity (Wildman–Crippen MR) is 77.5 cm³/mol. The van der Waals surface area contributed by atoms with Gasteiger partial charge < -0.3 is 10.4 Å². The van der Waals surface area contributed by atoms with Crippen molar-refractivity contribution in [2.75, 3.05) is 6.54 Å². The number of rotatable bonds is 6. The summed E-state index contributed by atoms with van der Waals surface area (Å²) in [5.74, 6) is -1.65. The van der Waals surface area contributed by atoms with Gasteiger partial charge in [0.05, 0.1) is 17.0 Å². The van der Waals surface area contributed by atoms with E-state index in [0.717, 1.165) is 18.9 Å². The lowest BCUT2D eigenvalue weighted by Gasteiger charge is -2.08. The largest absolute Gasteiger partial charge is 0.478 e. The van der Waals surface area contributed by atoms with E-state index in [0.29, 0.717) is 0 Å². The van der Waals surface area contributed by atoms with Gasteiger partial charge >= 0.3 is 5.97 Å². The molecule has 7 nitrogen and oxygen atoms in total. The molecule has 21 heavy (non-hydrogen) atoms. The van der Waals surface area contributed by atoms with E-state index < -0.39 is 21.9 Å². The maximum atomic E-state index is 12.0. The number of sulfonamides is 1. The Hall–Kier alpha value is -1.45. The van der Waals surface area contributed by atoms with E-state index in [-0.39, 0.29) is 27.5 Å². The van der Waals surface area contributed by atoms with Crippen molar-refractivity contribution in [3.05, 3.63) is 28.2 Å². The summed E-state index contributed by atoms with van der Waals surface area (Å²) in [6.45, 7) is -0.378. The number of benzene rings is 1. The third-order valence-electron chi connectivity index (χ3n) is 2.84. The summed E-state index contributed by atoms with van der Waals surface area (Å²) in [5.41, 5.74) is -0.166. The molecule has 2 rings (SSSR count). The number of halogens is 1. The lowest BCUT2D eigenvalue weighted by atomic mass is 10.2. The van der Waals surface area contributed by atoms with E-state index in [1.54, 1.807) is 0 Å². The van der Waals surface area contributed by atoms with E-state index in [4.69, 9.17) is 5.11 Å². The lowest BCUT2D eigenvalue weighted by molar-refractivity contribution is -0.120. The molecule has 0 bridgehead atoms. The minimum atomic E-state index is -3.94. The first-order valence-electron chi connectivity index (χ1n) is 6.11. The van der Waals surface area contributed by atoms with Crippen LogP contribution in [-0.4, -0.2) is 38.0 Å². The monoisotopic (exact) mass is 376 g/mol. The Morgan fingerprint density at radius 1 is 1.33 bits per heavy atom. The molecule has 1 aliphatic carbocycles. The Bertz CT molecular complexity index is 685. The molecule has 0 heterocycles. The van der Waals surface area contributed by atoms with Crippen LogP contribution in [0.25, 0.3) is 0 Å². The van der Waals surface area contributed by atoms with Gasteiger partial charge in [-0.05, 0) is 47.0 Å². The number of aromatic carboxylic acids is 1. The molecule has 0 saturated heterocycles. The number of carbonyl (C=O) groups excluding carboxylic acids is 1. The third kappa shape index (κ3) is 4.26. The van der Waals surface area contributed by atoms with E-state index >= 15 is 0 Å². The van der Waals surface area contributed by atoms with Crippen LogP contribution < -0.4 is 10.0 Å². The molecule has 1 aliphatic rings. The highest BCUT2D eigenvalue weighted by Crippen LogP contribution is 2.21. The summed E-state index contributed by atoms with van der Waals surface area (Å²) in [5, 5.41) is 11.6. The molecule has 3 N–H and O–H groups in total. The van der Waals surface area contributed by atoms with Gasteiger partial charge in [-0.3, -0.25) is 4.79 Å². The zero-order chi connectivity index (χ0) is 15.6. The third-order valence-corrected chi connectivity index (χ3v) is 4.93. The second-order valence-electron chi connectivity index (χ2n) is 4.61. The van der Waals surface area contributed by atoms with Gasteiger partial charge in [0.15, 0.2) is 0 Å². The Morgan fingerprint density at radius 3 is 2.57 bits per heavy atom. The fourth-order valence-electron chi connectivity index (χ4n) is 1.59. The molecule has 9 heteroatoms. The molecule has 1 saturated carbocycles. The van der Waals surface area contributed by atoms with Gasteiger partial charge in [-0.1, -0.05) is 0 Å². The number of hydrogen-bond acceptors (Lipinski definition) is 4. The van der Waals surface area contributed by atoms with Crippen LogP contribution in [0.5, 0.6) is 0 Å². The number of carboxylic acid groups (broad SMARTS) is 1. The van der Waals surface area contributed by atoms with Crippen molar-refractivity contribution in [1.82, 2.24) is 10.0 Å². The van der Waals surface area contributed by atoms with Crippen molar-refractivity contribution in [2.24, 2.45) is 0 Å². The number of hydrogen-bond donors (Lipinski definition) is 3. The zero-order valence-corrected chi connectivity index (χ0v) is 13.2. The summed E-state index contributed by atoms with van der Waals surface area (Å²) >= 11 is 3.03. The quantitative estimate of drug-likeness (QED) is 0.676. The van der Waals surface area contributed by atoms with Gasteiger partial charge in [-0.25, -0.2) is 17.9 Å². The Labute approximate surface area is 129 Å². The first-order chi connectivity index (χ1) is 9.79. The average Bonchev–Trinajstić information content (AvgIpc) is 3.20. The van der Waals surface area contributed by atoms with Crippen LogP contribution in [0.15, 0.2) is 27.6 Å². The Balaban J connectivity index is 2.09. The van der Waals surface area contributed by atoms with Gasteiger partial charge in [0, 0.05) is 10.5 Å². The summed E-state index contributed by atoms with van der Waals surface area (Å²) in [6.07, 6.45) is 1.82. The first kappa shape index (κ1) is 15.9. The zero-order valence-electron chi connectivity index (χ0n) is 10.8. The van der Waals surface area contributed by atoms with E-state index in [9.17, 15) is 18.0 Å². The normalized spacial score (nSPS) is 14.7.